The number of hydrogen-bond donors (Lipinski definition) is 1. The van der Waals surface area contributed by atoms with Crippen molar-refractivity contribution in [3.05, 3.63) is 53.7 Å². The van der Waals surface area contributed by atoms with Gasteiger partial charge in [0.2, 0.25) is 0 Å². The van der Waals surface area contributed by atoms with E-state index >= 15 is 0 Å². The summed E-state index contributed by atoms with van der Waals surface area (Å²) in [5.41, 5.74) is 2.32. The minimum Gasteiger partial charge on any atom is -0.364 e. The highest BCUT2D eigenvalue weighted by Crippen LogP contribution is 2.22. The summed E-state index contributed by atoms with van der Waals surface area (Å²) in [6, 6.07) is 15.6. The van der Waals surface area contributed by atoms with Crippen molar-refractivity contribution in [1.29, 1.82) is 0 Å². The van der Waals surface area contributed by atoms with Crippen LogP contribution in [0, 0.1) is 6.92 Å². The van der Waals surface area contributed by atoms with Crippen LogP contribution in [0.25, 0.3) is 0 Å². The zero-order valence-electron chi connectivity index (χ0n) is 12.7. The summed E-state index contributed by atoms with van der Waals surface area (Å²) >= 11 is 0. The Balaban J connectivity index is 1.61. The fourth-order valence-electron chi connectivity index (χ4n) is 2.90. The van der Waals surface area contributed by atoms with Gasteiger partial charge in [-0.15, -0.1) is 5.10 Å². The Labute approximate surface area is 126 Å². The number of aromatic nitrogens is 2. The average Bonchev–Trinajstić information content (AvgIpc) is 2.84. The Hall–Kier alpha value is -1.94. The van der Waals surface area contributed by atoms with E-state index in [4.69, 9.17) is 0 Å². The second-order valence-corrected chi connectivity index (χ2v) is 5.80. The first-order chi connectivity index (χ1) is 10.2. The number of hydrogen-bond acceptors (Lipinski definition) is 4. The van der Waals surface area contributed by atoms with E-state index in [2.05, 4.69) is 57.7 Å². The van der Waals surface area contributed by atoms with E-state index in [1.54, 1.807) is 0 Å². The zero-order valence-corrected chi connectivity index (χ0v) is 12.7. The van der Waals surface area contributed by atoms with Crippen LogP contribution in [0.2, 0.25) is 0 Å². The second-order valence-electron chi connectivity index (χ2n) is 5.80. The van der Waals surface area contributed by atoms with Gasteiger partial charge in [-0.05, 0) is 38.0 Å². The Morgan fingerprint density at radius 2 is 1.95 bits per heavy atom. The van der Waals surface area contributed by atoms with E-state index in [1.807, 2.05) is 19.1 Å². The lowest BCUT2D eigenvalue weighted by Crippen LogP contribution is -2.36. The molecule has 1 aromatic carbocycles. The van der Waals surface area contributed by atoms with Gasteiger partial charge in [0.25, 0.3) is 0 Å². The number of nitrogens with one attached hydrogen (secondary N) is 1. The minimum atomic E-state index is 0.436. The molecule has 1 aromatic heterocycles. The molecule has 1 N–H and O–H groups in total. The maximum Gasteiger partial charge on any atom is 0.148 e. The second kappa shape index (κ2) is 6.22. The first kappa shape index (κ1) is 14.0. The largest absolute Gasteiger partial charge is 0.364 e. The highest BCUT2D eigenvalue weighted by molar-refractivity contribution is 5.35. The molecule has 1 fully saturated rings. The minimum absolute atomic E-state index is 0.436. The van der Waals surface area contributed by atoms with Gasteiger partial charge in [0.15, 0.2) is 0 Å². The van der Waals surface area contributed by atoms with Crippen LogP contribution in [-0.2, 0) is 6.54 Å². The quantitative estimate of drug-likeness (QED) is 0.936. The van der Waals surface area contributed by atoms with Crippen molar-refractivity contribution < 1.29 is 0 Å². The van der Waals surface area contributed by atoms with Crippen molar-refractivity contribution in [2.45, 2.75) is 38.9 Å². The van der Waals surface area contributed by atoms with Crippen LogP contribution in [0.15, 0.2) is 42.5 Å². The Kier molecular flexibility index (Phi) is 4.15. The number of anilines is 1. The van der Waals surface area contributed by atoms with Gasteiger partial charge in [0.1, 0.15) is 5.82 Å². The van der Waals surface area contributed by atoms with E-state index in [9.17, 15) is 0 Å². The molecule has 2 atom stereocenters. The lowest BCUT2D eigenvalue weighted by atomic mass is 10.1. The van der Waals surface area contributed by atoms with Crippen molar-refractivity contribution >= 4 is 5.82 Å². The highest BCUT2D eigenvalue weighted by Gasteiger charge is 2.30. The van der Waals surface area contributed by atoms with Crippen LogP contribution in [0.3, 0.4) is 0 Å². The lowest BCUT2D eigenvalue weighted by Gasteiger charge is -2.25. The molecule has 4 nitrogen and oxygen atoms in total. The van der Waals surface area contributed by atoms with Crippen molar-refractivity contribution in [1.82, 2.24) is 15.1 Å². The standard InChI is InChI=1S/C17H22N4/c1-13-8-9-17(20-19-13)18-16-10-11-21(14(16)2)12-15-6-4-3-5-7-15/h3-9,14,16H,10-12H2,1-2H3,(H,18,20). The first-order valence-electron chi connectivity index (χ1n) is 7.57. The maximum absolute atomic E-state index is 4.21. The maximum atomic E-state index is 4.21. The van der Waals surface area contributed by atoms with Gasteiger partial charge in [0, 0.05) is 25.2 Å². The molecule has 0 spiro atoms. The molecule has 0 bridgehead atoms. The molecule has 1 aliphatic rings. The zero-order chi connectivity index (χ0) is 14.7. The van der Waals surface area contributed by atoms with Gasteiger partial charge in [0.05, 0.1) is 5.69 Å². The molecule has 110 valence electrons. The molecule has 1 aliphatic heterocycles. The van der Waals surface area contributed by atoms with Crippen LogP contribution < -0.4 is 5.32 Å². The molecular weight excluding hydrogens is 260 g/mol. The summed E-state index contributed by atoms with van der Waals surface area (Å²) in [4.78, 5) is 2.52. The summed E-state index contributed by atoms with van der Waals surface area (Å²) in [7, 11) is 0. The SMILES string of the molecule is Cc1ccc(NC2CCN(Cc3ccccc3)C2C)nn1. The molecular formula is C17H22N4. The third-order valence-corrected chi connectivity index (χ3v) is 4.25. The number of aryl methyl sites for hydroxylation is 1. The Morgan fingerprint density at radius 3 is 2.67 bits per heavy atom. The number of rotatable bonds is 4. The van der Waals surface area contributed by atoms with Crippen LogP contribution >= 0.6 is 0 Å². The van der Waals surface area contributed by atoms with Gasteiger partial charge < -0.3 is 5.32 Å². The Morgan fingerprint density at radius 1 is 1.14 bits per heavy atom. The molecule has 0 amide bonds. The van der Waals surface area contributed by atoms with Gasteiger partial charge in [-0.2, -0.15) is 5.10 Å². The van der Waals surface area contributed by atoms with Crippen molar-refractivity contribution in [2.75, 3.05) is 11.9 Å². The molecule has 3 rings (SSSR count). The predicted molar refractivity (Wildman–Crippen MR) is 85.1 cm³/mol. The third-order valence-electron chi connectivity index (χ3n) is 4.25. The average molecular weight is 282 g/mol. The molecule has 2 unspecified atom stereocenters. The van der Waals surface area contributed by atoms with Gasteiger partial charge in [-0.1, -0.05) is 30.3 Å². The third kappa shape index (κ3) is 3.39. The Bertz CT molecular complexity index is 567. The van der Waals surface area contributed by atoms with E-state index in [0.717, 1.165) is 31.0 Å². The van der Waals surface area contributed by atoms with E-state index in [0.29, 0.717) is 12.1 Å². The summed E-state index contributed by atoms with van der Waals surface area (Å²) < 4.78 is 0. The number of nitrogens with zero attached hydrogens (tertiary/aromatic N) is 3. The van der Waals surface area contributed by atoms with Gasteiger partial charge in [-0.25, -0.2) is 0 Å². The number of likely N-dealkylation sites (tertiary alicyclic amines) is 1. The topological polar surface area (TPSA) is 41.0 Å². The smallest absolute Gasteiger partial charge is 0.148 e. The van der Waals surface area contributed by atoms with Crippen LogP contribution in [-0.4, -0.2) is 33.7 Å². The molecule has 21 heavy (non-hydrogen) atoms. The fourth-order valence-corrected chi connectivity index (χ4v) is 2.90. The number of benzene rings is 1. The van der Waals surface area contributed by atoms with Crippen LogP contribution in [0.5, 0.6) is 0 Å². The first-order valence-corrected chi connectivity index (χ1v) is 7.57. The van der Waals surface area contributed by atoms with Crippen molar-refractivity contribution in [3.8, 4) is 0 Å². The van der Waals surface area contributed by atoms with Crippen molar-refractivity contribution in [3.63, 3.8) is 0 Å². The molecule has 2 aromatic rings. The molecule has 4 heteroatoms. The summed E-state index contributed by atoms with van der Waals surface area (Å²) in [6.45, 7) is 6.37. The van der Waals surface area contributed by atoms with Crippen LogP contribution in [0.4, 0.5) is 5.82 Å². The summed E-state index contributed by atoms with van der Waals surface area (Å²) in [5.74, 6) is 0.874. The molecule has 0 aliphatic carbocycles. The summed E-state index contributed by atoms with van der Waals surface area (Å²) in [6.07, 6.45) is 1.14. The van der Waals surface area contributed by atoms with Crippen LogP contribution in [0.1, 0.15) is 24.6 Å². The van der Waals surface area contributed by atoms with Gasteiger partial charge in [-0.3, -0.25) is 4.90 Å². The molecule has 0 radical (unpaired) electrons. The predicted octanol–water partition coefficient (Wildman–Crippen LogP) is 2.86. The molecule has 2 heterocycles. The monoisotopic (exact) mass is 282 g/mol. The fraction of sp³-hybridized carbons (Fsp3) is 0.412. The lowest BCUT2D eigenvalue weighted by molar-refractivity contribution is 0.255. The van der Waals surface area contributed by atoms with E-state index in [-0.39, 0.29) is 0 Å². The summed E-state index contributed by atoms with van der Waals surface area (Å²) in [5, 5.41) is 11.8. The van der Waals surface area contributed by atoms with Gasteiger partial charge >= 0.3 is 0 Å². The van der Waals surface area contributed by atoms with E-state index < -0.39 is 0 Å². The highest BCUT2D eigenvalue weighted by atomic mass is 15.2. The van der Waals surface area contributed by atoms with Crippen molar-refractivity contribution in [2.24, 2.45) is 0 Å². The van der Waals surface area contributed by atoms with E-state index in [1.165, 1.54) is 5.56 Å². The molecule has 1 saturated heterocycles. The normalized spacial score (nSPS) is 22.4. The molecule has 0 saturated carbocycles.